The lowest BCUT2D eigenvalue weighted by Crippen LogP contribution is -2.34. The predicted molar refractivity (Wildman–Crippen MR) is 211 cm³/mol. The number of carboxylic acids is 1. The van der Waals surface area contributed by atoms with Crippen molar-refractivity contribution in [2.45, 2.75) is 179 Å². The monoisotopic (exact) mass is 789 g/mol. The fourth-order valence-corrected chi connectivity index (χ4v) is 6.00. The molecule has 54 heavy (non-hydrogen) atoms. The van der Waals surface area contributed by atoms with Gasteiger partial charge in [0.1, 0.15) is 12.6 Å². The van der Waals surface area contributed by atoms with Crippen LogP contribution in [0.1, 0.15) is 155 Å². The number of aliphatic hydroxyl groups is 2. The van der Waals surface area contributed by atoms with Gasteiger partial charge in [-0.25, -0.2) is 4.57 Å². The maximum absolute atomic E-state index is 12.6. The Hall–Kier alpha value is -2.38. The molecule has 0 aromatic heterocycles. The minimum absolute atomic E-state index is 0.0909. The molecule has 0 saturated carbocycles. The summed E-state index contributed by atoms with van der Waals surface area (Å²) >= 11 is 0. The number of phosphoric acid groups is 1. The van der Waals surface area contributed by atoms with E-state index in [0.717, 1.165) is 44.9 Å². The van der Waals surface area contributed by atoms with Crippen LogP contribution in [0.5, 0.6) is 0 Å². The van der Waals surface area contributed by atoms with Crippen LogP contribution in [0.4, 0.5) is 0 Å². The molecule has 0 amide bonds. The van der Waals surface area contributed by atoms with Gasteiger partial charge in [0.2, 0.25) is 0 Å². The molecule has 0 spiro atoms. The Morgan fingerprint density at radius 1 is 0.648 bits per heavy atom. The Bertz CT molecular complexity index is 1100. The van der Waals surface area contributed by atoms with E-state index in [4.69, 9.17) is 24.8 Å². The molecule has 0 aromatic rings. The van der Waals surface area contributed by atoms with E-state index >= 15 is 0 Å². The maximum atomic E-state index is 12.6. The summed E-state index contributed by atoms with van der Waals surface area (Å²) in [5.41, 5.74) is 5.30. The molecule has 13 nitrogen and oxygen atoms in total. The number of aliphatic hydroxyl groups excluding tert-OH is 2. The number of hydrogen-bond donors (Lipinski definition) is 5. The first-order valence-electron chi connectivity index (χ1n) is 20.2. The fraction of sp³-hybridized carbons (Fsp3) is 0.775. The summed E-state index contributed by atoms with van der Waals surface area (Å²) in [7, 11) is -4.78. The van der Waals surface area contributed by atoms with Gasteiger partial charge in [0.05, 0.1) is 25.4 Å². The van der Waals surface area contributed by atoms with E-state index in [1.807, 2.05) is 18.2 Å². The van der Waals surface area contributed by atoms with Gasteiger partial charge < -0.3 is 35.4 Å². The second-order valence-corrected chi connectivity index (χ2v) is 15.2. The number of phosphoric ester groups is 1. The highest BCUT2D eigenvalue weighted by molar-refractivity contribution is 7.47. The van der Waals surface area contributed by atoms with Crippen molar-refractivity contribution >= 4 is 25.7 Å². The van der Waals surface area contributed by atoms with E-state index < -0.39 is 69.9 Å². The highest BCUT2D eigenvalue weighted by Gasteiger charge is 2.28. The topological polar surface area (TPSA) is 212 Å². The lowest BCUT2D eigenvalue weighted by molar-refractivity contribution is -0.161. The maximum Gasteiger partial charge on any atom is 0.472 e. The predicted octanol–water partition coefficient (Wildman–Crippen LogP) is 8.00. The smallest absolute Gasteiger partial charge is 0.472 e. The first kappa shape index (κ1) is 51.6. The van der Waals surface area contributed by atoms with Crippen LogP contribution in [0.3, 0.4) is 0 Å². The van der Waals surface area contributed by atoms with Crippen LogP contribution in [0.25, 0.3) is 0 Å². The van der Waals surface area contributed by atoms with Crippen molar-refractivity contribution < 1.29 is 57.7 Å². The third-order valence-electron chi connectivity index (χ3n) is 8.59. The highest BCUT2D eigenvalue weighted by atomic mass is 31.2. The van der Waals surface area contributed by atoms with Crippen molar-refractivity contribution in [1.82, 2.24) is 0 Å². The Labute approximate surface area is 324 Å². The molecule has 0 aliphatic rings. The molecule has 0 aliphatic heterocycles. The summed E-state index contributed by atoms with van der Waals surface area (Å²) in [5.74, 6) is -2.70. The average molecular weight is 790 g/mol. The zero-order valence-electron chi connectivity index (χ0n) is 33.0. The lowest BCUT2D eigenvalue weighted by Gasteiger charge is -2.20. The molecular weight excluding hydrogens is 717 g/mol. The zero-order chi connectivity index (χ0) is 40.3. The van der Waals surface area contributed by atoms with Crippen LogP contribution in [0.15, 0.2) is 36.5 Å². The summed E-state index contributed by atoms with van der Waals surface area (Å²) in [6, 6.07) is -1.56. The molecule has 6 N–H and O–H groups in total. The van der Waals surface area contributed by atoms with E-state index in [1.54, 1.807) is 0 Å². The van der Waals surface area contributed by atoms with E-state index in [1.165, 1.54) is 57.8 Å². The van der Waals surface area contributed by atoms with Crippen molar-refractivity contribution in [2.75, 3.05) is 19.8 Å². The van der Waals surface area contributed by atoms with Gasteiger partial charge in [0, 0.05) is 12.8 Å². The van der Waals surface area contributed by atoms with Gasteiger partial charge in [-0.2, -0.15) is 0 Å². The van der Waals surface area contributed by atoms with Crippen molar-refractivity contribution in [3.8, 4) is 0 Å². The summed E-state index contributed by atoms with van der Waals surface area (Å²) in [4.78, 5) is 45.8. The summed E-state index contributed by atoms with van der Waals surface area (Å²) < 4.78 is 32.4. The second-order valence-electron chi connectivity index (χ2n) is 13.7. The molecule has 0 saturated heterocycles. The van der Waals surface area contributed by atoms with Crippen LogP contribution in [-0.2, 0) is 37.5 Å². The van der Waals surface area contributed by atoms with Crippen LogP contribution < -0.4 is 5.73 Å². The van der Waals surface area contributed by atoms with Crippen LogP contribution in [-0.4, -0.2) is 82.3 Å². The van der Waals surface area contributed by atoms with Crippen LogP contribution >= 0.6 is 7.82 Å². The van der Waals surface area contributed by atoms with Gasteiger partial charge in [-0.05, 0) is 51.4 Å². The van der Waals surface area contributed by atoms with Crippen molar-refractivity contribution in [3.05, 3.63) is 36.5 Å². The van der Waals surface area contributed by atoms with E-state index in [9.17, 15) is 34.1 Å². The standard InChI is InChI=1S/C40H72NO12P/c1-3-5-7-9-11-13-15-17-18-20-22-24-27-36(42)37(43)28-26-30-38(44)50-31-34(32-51-54(48,49)52-33-35(41)40(46)47)53-39(45)29-25-23-21-19-16-14-12-10-8-6-4-2/h11,13,17-18,22,24,34-37,42-43H,3-10,12,14-16,19-21,23,25-33,41H2,1-2H3,(H,46,47)(H,48,49)/b13-11-,18-17-,24-22-/t34-,35+,36?,37?/m1/s1. The van der Waals surface area contributed by atoms with Gasteiger partial charge >= 0.3 is 25.7 Å². The number of nitrogens with two attached hydrogens (primary N) is 1. The first-order chi connectivity index (χ1) is 25.9. The molecule has 0 aliphatic carbocycles. The van der Waals surface area contributed by atoms with Crippen molar-refractivity contribution in [1.29, 1.82) is 0 Å². The lowest BCUT2D eigenvalue weighted by atomic mass is 10.0. The Balaban J connectivity index is 4.64. The number of aliphatic carboxylic acids is 1. The number of esters is 2. The van der Waals surface area contributed by atoms with E-state index in [0.29, 0.717) is 6.42 Å². The van der Waals surface area contributed by atoms with Crippen molar-refractivity contribution in [2.24, 2.45) is 5.73 Å². The van der Waals surface area contributed by atoms with Crippen LogP contribution in [0, 0.1) is 0 Å². The minimum Gasteiger partial charge on any atom is -0.480 e. The van der Waals surface area contributed by atoms with Gasteiger partial charge in [-0.1, -0.05) is 127 Å². The first-order valence-corrected chi connectivity index (χ1v) is 21.7. The van der Waals surface area contributed by atoms with Gasteiger partial charge in [0.25, 0.3) is 0 Å². The van der Waals surface area contributed by atoms with Crippen molar-refractivity contribution in [3.63, 3.8) is 0 Å². The number of hydrogen-bond acceptors (Lipinski definition) is 11. The molecule has 0 aromatic carbocycles. The molecule has 3 unspecified atom stereocenters. The van der Waals surface area contributed by atoms with Gasteiger partial charge in [-0.3, -0.25) is 23.4 Å². The molecule has 0 radical (unpaired) electrons. The number of carbonyl (C=O) groups is 3. The number of carboxylic acid groups (broad SMARTS) is 1. The summed E-state index contributed by atoms with van der Waals surface area (Å²) in [6.45, 7) is 2.45. The number of allylic oxidation sites excluding steroid dienone is 5. The third-order valence-corrected chi connectivity index (χ3v) is 9.54. The third kappa shape index (κ3) is 33.0. The second kappa shape index (κ2) is 35.1. The Kier molecular flexibility index (Phi) is 33.5. The molecule has 5 atom stereocenters. The molecule has 0 fully saturated rings. The summed E-state index contributed by atoms with van der Waals surface area (Å²) in [6.07, 6.45) is 28.2. The van der Waals surface area contributed by atoms with Gasteiger partial charge in [-0.15, -0.1) is 0 Å². The molecule has 314 valence electrons. The molecule has 0 bridgehead atoms. The average Bonchev–Trinajstić information content (AvgIpc) is 3.14. The van der Waals surface area contributed by atoms with E-state index in [-0.39, 0.29) is 32.1 Å². The quantitative estimate of drug-likeness (QED) is 0.0175. The SMILES string of the molecule is CCCCC/C=C\C/C=C\C/C=C\CC(O)C(O)CCCC(=O)OC[C@H](COP(=O)(O)OC[C@H](N)C(=O)O)OC(=O)CCCCCCCCCCCCC. The fourth-order valence-electron chi connectivity index (χ4n) is 5.23. The largest absolute Gasteiger partial charge is 0.480 e. The summed E-state index contributed by atoms with van der Waals surface area (Å²) in [5, 5.41) is 29.5. The number of rotatable bonds is 37. The molecular formula is C40H72NO12P. The number of ether oxygens (including phenoxy) is 2. The van der Waals surface area contributed by atoms with Crippen LogP contribution in [0.2, 0.25) is 0 Å². The minimum atomic E-state index is -4.78. The Morgan fingerprint density at radius 3 is 1.78 bits per heavy atom. The molecule has 0 heterocycles. The van der Waals surface area contributed by atoms with Gasteiger partial charge in [0.15, 0.2) is 6.10 Å². The normalized spacial score (nSPS) is 15.4. The Morgan fingerprint density at radius 2 is 1.17 bits per heavy atom. The molecule has 14 heteroatoms. The highest BCUT2D eigenvalue weighted by Crippen LogP contribution is 2.43. The number of unbranched alkanes of at least 4 members (excludes halogenated alkanes) is 13. The molecule has 0 rings (SSSR count). The zero-order valence-corrected chi connectivity index (χ0v) is 33.9. The number of carbonyl (C=O) groups excluding carboxylic acids is 2. The van der Waals surface area contributed by atoms with E-state index in [2.05, 4.69) is 36.6 Å².